The van der Waals surface area contributed by atoms with E-state index in [1.165, 1.54) is 0 Å². The molecule has 0 atom stereocenters. The van der Waals surface area contributed by atoms with Gasteiger partial charge in [0.25, 0.3) is 0 Å². The Bertz CT molecular complexity index is 637. The number of hydrogen-bond donors (Lipinski definition) is 2. The highest BCUT2D eigenvalue weighted by molar-refractivity contribution is 7.92. The van der Waals surface area contributed by atoms with Crippen LogP contribution in [0, 0.1) is 0 Å². The third-order valence-corrected chi connectivity index (χ3v) is 6.04. The minimum Gasteiger partial charge on any atom is -0.380 e. The number of carbonyl (C=O) groups is 1. The van der Waals surface area contributed by atoms with E-state index in [4.69, 9.17) is 4.74 Å². The van der Waals surface area contributed by atoms with E-state index in [-0.39, 0.29) is 12.8 Å². The van der Waals surface area contributed by atoms with Crippen LogP contribution in [0.1, 0.15) is 18.4 Å². The van der Waals surface area contributed by atoms with Gasteiger partial charge in [0, 0.05) is 19.1 Å². The number of sulfone groups is 1. The maximum Gasteiger partial charge on any atom is 0.245 e. The number of amides is 1. The van der Waals surface area contributed by atoms with Crippen molar-refractivity contribution in [2.75, 3.05) is 31.8 Å². The number of anilines is 1. The van der Waals surface area contributed by atoms with Crippen LogP contribution in [0.4, 0.5) is 5.69 Å². The van der Waals surface area contributed by atoms with Crippen molar-refractivity contribution in [1.29, 1.82) is 0 Å². The van der Waals surface area contributed by atoms with Gasteiger partial charge in [0.15, 0.2) is 14.6 Å². The van der Waals surface area contributed by atoms with Crippen molar-refractivity contribution >= 4 is 21.4 Å². The minimum absolute atomic E-state index is 0.287. The van der Waals surface area contributed by atoms with E-state index >= 15 is 0 Å². The average molecular weight is 326 g/mol. The SMILES string of the molecule is COCc1cccc(NC(=O)C2(S(C)(=O)=O)CCNCC2)c1. The van der Waals surface area contributed by atoms with Gasteiger partial charge in [-0.25, -0.2) is 8.42 Å². The molecule has 1 amide bonds. The molecule has 0 aromatic heterocycles. The molecule has 0 bridgehead atoms. The number of rotatable bonds is 5. The summed E-state index contributed by atoms with van der Waals surface area (Å²) in [7, 11) is -1.91. The summed E-state index contributed by atoms with van der Waals surface area (Å²) in [4.78, 5) is 12.7. The lowest BCUT2D eigenvalue weighted by molar-refractivity contribution is -0.119. The molecule has 1 aromatic rings. The first kappa shape index (κ1) is 16.9. The first-order valence-electron chi connectivity index (χ1n) is 7.19. The highest BCUT2D eigenvalue weighted by atomic mass is 32.2. The fourth-order valence-electron chi connectivity index (χ4n) is 2.75. The Labute approximate surface area is 131 Å². The molecule has 22 heavy (non-hydrogen) atoms. The van der Waals surface area contributed by atoms with Gasteiger partial charge in [-0.15, -0.1) is 0 Å². The number of nitrogens with one attached hydrogen (secondary N) is 2. The van der Waals surface area contributed by atoms with Gasteiger partial charge in [-0.3, -0.25) is 4.79 Å². The van der Waals surface area contributed by atoms with Gasteiger partial charge in [0.05, 0.1) is 6.61 Å². The maximum absolute atomic E-state index is 12.7. The summed E-state index contributed by atoms with van der Waals surface area (Å²) in [6.45, 7) is 1.47. The molecule has 0 saturated carbocycles. The van der Waals surface area contributed by atoms with Crippen molar-refractivity contribution in [3.05, 3.63) is 29.8 Å². The molecular weight excluding hydrogens is 304 g/mol. The molecular formula is C15H22N2O4S. The normalized spacial score (nSPS) is 17.9. The molecule has 122 valence electrons. The van der Waals surface area contributed by atoms with Crippen LogP contribution in [0.5, 0.6) is 0 Å². The molecule has 1 aliphatic heterocycles. The summed E-state index contributed by atoms with van der Waals surface area (Å²) < 4.78 is 28.1. The minimum atomic E-state index is -3.50. The number of methoxy groups -OCH3 is 1. The van der Waals surface area contributed by atoms with E-state index in [1.807, 2.05) is 6.07 Å². The lowest BCUT2D eigenvalue weighted by Gasteiger charge is -2.34. The number of ether oxygens (including phenoxy) is 1. The summed E-state index contributed by atoms with van der Waals surface area (Å²) in [5.74, 6) is -0.453. The van der Waals surface area contributed by atoms with Crippen molar-refractivity contribution in [3.63, 3.8) is 0 Å². The van der Waals surface area contributed by atoms with Crippen LogP contribution in [0.15, 0.2) is 24.3 Å². The maximum atomic E-state index is 12.7. The smallest absolute Gasteiger partial charge is 0.245 e. The molecule has 0 aliphatic carbocycles. The summed E-state index contributed by atoms with van der Waals surface area (Å²) in [5, 5.41) is 5.85. The second-order valence-corrected chi connectivity index (χ2v) is 7.93. The summed E-state index contributed by atoms with van der Waals surface area (Å²) in [6, 6.07) is 7.22. The number of piperidine rings is 1. The van der Waals surface area contributed by atoms with Gasteiger partial charge >= 0.3 is 0 Å². The van der Waals surface area contributed by atoms with E-state index in [0.717, 1.165) is 11.8 Å². The predicted molar refractivity (Wildman–Crippen MR) is 85.5 cm³/mol. The molecule has 6 nitrogen and oxygen atoms in total. The molecule has 2 N–H and O–H groups in total. The average Bonchev–Trinajstić information content (AvgIpc) is 2.47. The molecule has 0 unspecified atom stereocenters. The predicted octanol–water partition coefficient (Wildman–Crippen LogP) is 0.938. The summed E-state index contributed by atoms with van der Waals surface area (Å²) in [5.41, 5.74) is 1.50. The largest absolute Gasteiger partial charge is 0.380 e. The first-order valence-corrected chi connectivity index (χ1v) is 9.08. The Morgan fingerprint density at radius 3 is 2.64 bits per heavy atom. The summed E-state index contributed by atoms with van der Waals surface area (Å²) in [6.07, 6.45) is 1.71. The fourth-order valence-corrected chi connectivity index (χ4v) is 4.08. The Hall–Kier alpha value is -1.44. The lowest BCUT2D eigenvalue weighted by Crippen LogP contribution is -2.55. The van der Waals surface area contributed by atoms with Crippen molar-refractivity contribution < 1.29 is 17.9 Å². The first-order chi connectivity index (χ1) is 10.4. The van der Waals surface area contributed by atoms with Gasteiger partial charge < -0.3 is 15.4 Å². The molecule has 1 aromatic carbocycles. The third kappa shape index (κ3) is 3.48. The number of benzene rings is 1. The van der Waals surface area contributed by atoms with E-state index in [2.05, 4.69) is 10.6 Å². The van der Waals surface area contributed by atoms with Crippen LogP contribution >= 0.6 is 0 Å². The summed E-state index contributed by atoms with van der Waals surface area (Å²) >= 11 is 0. The zero-order valence-corrected chi connectivity index (χ0v) is 13.7. The highest BCUT2D eigenvalue weighted by Crippen LogP contribution is 2.29. The quantitative estimate of drug-likeness (QED) is 0.841. The highest BCUT2D eigenvalue weighted by Gasteiger charge is 2.48. The topological polar surface area (TPSA) is 84.5 Å². The van der Waals surface area contributed by atoms with Crippen LogP contribution in [0.2, 0.25) is 0 Å². The van der Waals surface area contributed by atoms with Crippen LogP contribution < -0.4 is 10.6 Å². The fraction of sp³-hybridized carbons (Fsp3) is 0.533. The monoisotopic (exact) mass is 326 g/mol. The Morgan fingerprint density at radius 1 is 1.36 bits per heavy atom. The zero-order chi connectivity index (χ0) is 16.2. The molecule has 1 saturated heterocycles. The van der Waals surface area contributed by atoms with Crippen molar-refractivity contribution in [3.8, 4) is 0 Å². The van der Waals surface area contributed by atoms with E-state index in [9.17, 15) is 13.2 Å². The molecule has 2 rings (SSSR count). The Balaban J connectivity index is 2.24. The zero-order valence-electron chi connectivity index (χ0n) is 12.9. The second-order valence-electron chi connectivity index (χ2n) is 5.60. The van der Waals surface area contributed by atoms with E-state index in [0.29, 0.717) is 25.4 Å². The molecule has 0 spiro atoms. The van der Waals surface area contributed by atoms with E-state index < -0.39 is 20.5 Å². The number of carbonyl (C=O) groups excluding carboxylic acids is 1. The Kier molecular flexibility index (Phi) is 5.20. The van der Waals surface area contributed by atoms with Gasteiger partial charge in [-0.05, 0) is 43.6 Å². The van der Waals surface area contributed by atoms with Crippen LogP contribution in [0.3, 0.4) is 0 Å². The van der Waals surface area contributed by atoms with E-state index in [1.54, 1.807) is 25.3 Å². The second kappa shape index (κ2) is 6.76. The third-order valence-electron chi connectivity index (χ3n) is 4.03. The van der Waals surface area contributed by atoms with Crippen molar-refractivity contribution in [2.45, 2.75) is 24.2 Å². The van der Waals surface area contributed by atoms with Gasteiger partial charge in [0.2, 0.25) is 5.91 Å². The van der Waals surface area contributed by atoms with Gasteiger partial charge in [-0.1, -0.05) is 12.1 Å². The molecule has 1 aliphatic rings. The van der Waals surface area contributed by atoms with Crippen LogP contribution in [0.25, 0.3) is 0 Å². The molecule has 0 radical (unpaired) electrons. The Morgan fingerprint density at radius 2 is 2.05 bits per heavy atom. The van der Waals surface area contributed by atoms with Crippen LogP contribution in [-0.2, 0) is 26.0 Å². The van der Waals surface area contributed by atoms with Gasteiger partial charge in [0.1, 0.15) is 0 Å². The molecule has 7 heteroatoms. The standard InChI is InChI=1S/C15H22N2O4S/c1-21-11-12-4-3-5-13(10-12)17-14(18)15(22(2,19)20)6-8-16-9-7-15/h3-5,10,16H,6-9,11H2,1-2H3,(H,17,18). The number of hydrogen-bond acceptors (Lipinski definition) is 5. The van der Waals surface area contributed by atoms with Crippen molar-refractivity contribution in [1.82, 2.24) is 5.32 Å². The molecule has 1 fully saturated rings. The van der Waals surface area contributed by atoms with Crippen molar-refractivity contribution in [2.24, 2.45) is 0 Å². The molecule has 1 heterocycles. The van der Waals surface area contributed by atoms with Crippen LogP contribution in [-0.4, -0.2) is 45.5 Å². The lowest BCUT2D eigenvalue weighted by atomic mass is 9.95. The van der Waals surface area contributed by atoms with Gasteiger partial charge in [-0.2, -0.15) is 0 Å².